The van der Waals surface area contributed by atoms with Crippen molar-refractivity contribution in [3.8, 4) is 0 Å². The first-order valence-corrected chi connectivity index (χ1v) is 12.0. The van der Waals surface area contributed by atoms with Gasteiger partial charge in [0, 0.05) is 18.3 Å². The number of carbonyl (C=O) groups is 2. The molecule has 6 atom stereocenters. The van der Waals surface area contributed by atoms with Crippen LogP contribution >= 0.6 is 0 Å². The number of hydrogen-bond acceptors (Lipinski definition) is 3. The van der Waals surface area contributed by atoms with Gasteiger partial charge >= 0.3 is 5.97 Å². The standard InChI is InChI=1S/C22H28O3.2C2H6/c1-20-9-5-15(23)13-14(20)3-4-16-17(20)6-10-21(2)18(16)7-11-22(21)12-8-19(24)25-22;2*1-2/h3-4,13,16-18H,5-12H2,1-2H3;2*1-2H3/t16?,17?,18?,20?,21?,22-;;/m1../s1. The van der Waals surface area contributed by atoms with E-state index in [1.165, 1.54) is 18.4 Å². The number of ketones is 1. The van der Waals surface area contributed by atoms with Crippen LogP contribution in [0.3, 0.4) is 0 Å². The van der Waals surface area contributed by atoms with E-state index in [-0.39, 0.29) is 28.2 Å². The molecule has 3 heteroatoms. The third-order valence-corrected chi connectivity index (χ3v) is 8.85. The number of allylic oxidation sites excluding steroid dienone is 4. The van der Waals surface area contributed by atoms with Crippen molar-refractivity contribution < 1.29 is 14.3 Å². The number of ether oxygens (including phenoxy) is 1. The molecular weight excluding hydrogens is 360 g/mol. The van der Waals surface area contributed by atoms with Crippen LogP contribution in [0.1, 0.15) is 92.9 Å². The van der Waals surface area contributed by atoms with Gasteiger partial charge < -0.3 is 4.74 Å². The largest absolute Gasteiger partial charge is 0.458 e. The number of fused-ring (bicyclic) bond motifs is 6. The highest BCUT2D eigenvalue weighted by Gasteiger charge is 2.66. The Balaban J connectivity index is 0.000000568. The first-order valence-electron chi connectivity index (χ1n) is 12.0. The maximum Gasteiger partial charge on any atom is 0.306 e. The SMILES string of the molecule is CC.CC.CC12CCC(=O)C=C1C=CC1C2CCC2(C)C1CC[C@@]21CCC(=O)O1. The molecule has 4 aliphatic carbocycles. The third-order valence-electron chi connectivity index (χ3n) is 8.85. The molecule has 0 aromatic carbocycles. The van der Waals surface area contributed by atoms with E-state index >= 15 is 0 Å². The van der Waals surface area contributed by atoms with Crippen LogP contribution in [0.2, 0.25) is 0 Å². The fraction of sp³-hybridized carbons (Fsp3) is 0.769. The molecule has 5 rings (SSSR count). The molecular formula is C26H40O3. The summed E-state index contributed by atoms with van der Waals surface area (Å²) in [6, 6.07) is 0. The van der Waals surface area contributed by atoms with E-state index in [4.69, 9.17) is 4.74 Å². The highest BCUT2D eigenvalue weighted by atomic mass is 16.6. The number of carbonyl (C=O) groups excluding carboxylic acids is 2. The van der Waals surface area contributed by atoms with Crippen LogP contribution in [-0.2, 0) is 14.3 Å². The smallest absolute Gasteiger partial charge is 0.306 e. The Morgan fingerprint density at radius 3 is 2.24 bits per heavy atom. The van der Waals surface area contributed by atoms with Crippen molar-refractivity contribution in [3.63, 3.8) is 0 Å². The minimum Gasteiger partial charge on any atom is -0.458 e. The predicted molar refractivity (Wildman–Crippen MR) is 117 cm³/mol. The minimum atomic E-state index is -0.201. The number of rotatable bonds is 0. The van der Waals surface area contributed by atoms with Gasteiger partial charge in [0.1, 0.15) is 5.60 Å². The molecule has 0 aromatic rings. The van der Waals surface area contributed by atoms with Crippen LogP contribution < -0.4 is 0 Å². The van der Waals surface area contributed by atoms with Gasteiger partial charge in [0.15, 0.2) is 5.78 Å². The van der Waals surface area contributed by atoms with Crippen LogP contribution in [0.25, 0.3) is 0 Å². The van der Waals surface area contributed by atoms with Crippen molar-refractivity contribution >= 4 is 11.8 Å². The molecule has 0 bridgehead atoms. The maximum absolute atomic E-state index is 11.9. The molecule has 0 radical (unpaired) electrons. The quantitative estimate of drug-likeness (QED) is 0.440. The summed E-state index contributed by atoms with van der Waals surface area (Å²) in [5, 5.41) is 0. The average Bonchev–Trinajstić information content (AvgIpc) is 3.26. The number of esters is 1. The zero-order chi connectivity index (χ0) is 21.4. The van der Waals surface area contributed by atoms with Gasteiger partial charge in [-0.25, -0.2) is 0 Å². The lowest BCUT2D eigenvalue weighted by molar-refractivity contribution is -0.165. The van der Waals surface area contributed by atoms with E-state index in [0.717, 1.165) is 25.7 Å². The molecule has 1 spiro atoms. The van der Waals surface area contributed by atoms with Gasteiger partial charge in [-0.2, -0.15) is 0 Å². The van der Waals surface area contributed by atoms with E-state index in [1.54, 1.807) is 0 Å². The van der Waals surface area contributed by atoms with Gasteiger partial charge in [-0.15, -0.1) is 0 Å². The third kappa shape index (κ3) is 3.15. The van der Waals surface area contributed by atoms with Crippen molar-refractivity contribution in [1.29, 1.82) is 0 Å². The molecule has 3 fully saturated rings. The first-order chi connectivity index (χ1) is 13.9. The summed E-state index contributed by atoms with van der Waals surface area (Å²) in [5.74, 6) is 2.08. The average molecular weight is 401 g/mol. The second-order valence-corrected chi connectivity index (χ2v) is 9.60. The molecule has 29 heavy (non-hydrogen) atoms. The Morgan fingerprint density at radius 2 is 1.59 bits per heavy atom. The van der Waals surface area contributed by atoms with Gasteiger partial charge in [0.2, 0.25) is 0 Å². The highest BCUT2D eigenvalue weighted by Crippen LogP contribution is 2.68. The lowest BCUT2D eigenvalue weighted by Gasteiger charge is -2.57. The number of hydrogen-bond donors (Lipinski definition) is 0. The van der Waals surface area contributed by atoms with Gasteiger partial charge in [0.25, 0.3) is 0 Å². The van der Waals surface area contributed by atoms with Crippen LogP contribution in [0.5, 0.6) is 0 Å². The molecule has 162 valence electrons. The molecule has 0 amide bonds. The van der Waals surface area contributed by atoms with Crippen molar-refractivity contribution in [2.24, 2.45) is 28.6 Å². The normalized spacial score (nSPS) is 44.3. The summed E-state index contributed by atoms with van der Waals surface area (Å²) in [6.45, 7) is 12.8. The Morgan fingerprint density at radius 1 is 0.897 bits per heavy atom. The van der Waals surface area contributed by atoms with E-state index in [0.29, 0.717) is 30.6 Å². The zero-order valence-corrected chi connectivity index (χ0v) is 19.3. The summed E-state index contributed by atoms with van der Waals surface area (Å²) in [4.78, 5) is 23.8. The fourth-order valence-electron chi connectivity index (χ4n) is 7.29. The van der Waals surface area contributed by atoms with E-state index < -0.39 is 0 Å². The molecule has 2 saturated carbocycles. The maximum atomic E-state index is 11.9. The van der Waals surface area contributed by atoms with Crippen LogP contribution in [-0.4, -0.2) is 17.4 Å². The zero-order valence-electron chi connectivity index (χ0n) is 19.3. The van der Waals surface area contributed by atoms with E-state index in [2.05, 4.69) is 26.0 Å². The van der Waals surface area contributed by atoms with Crippen molar-refractivity contribution in [2.75, 3.05) is 0 Å². The summed E-state index contributed by atoms with van der Waals surface area (Å²) < 4.78 is 5.99. The van der Waals surface area contributed by atoms with Gasteiger partial charge in [-0.05, 0) is 73.3 Å². The fourth-order valence-corrected chi connectivity index (χ4v) is 7.29. The van der Waals surface area contributed by atoms with Gasteiger partial charge in [0.05, 0.1) is 0 Å². The van der Waals surface area contributed by atoms with Gasteiger partial charge in [-0.1, -0.05) is 53.7 Å². The summed E-state index contributed by atoms with van der Waals surface area (Å²) in [6.07, 6.45) is 14.3. The van der Waals surface area contributed by atoms with Crippen molar-refractivity contribution in [1.82, 2.24) is 0 Å². The van der Waals surface area contributed by atoms with Gasteiger partial charge in [-0.3, -0.25) is 9.59 Å². The monoisotopic (exact) mass is 400 g/mol. The lowest BCUT2D eigenvalue weighted by atomic mass is 9.48. The minimum absolute atomic E-state index is 0.00570. The second kappa shape index (κ2) is 8.04. The van der Waals surface area contributed by atoms with Crippen LogP contribution in [0.4, 0.5) is 0 Å². The predicted octanol–water partition coefficient (Wildman–Crippen LogP) is 6.42. The molecule has 1 saturated heterocycles. The first kappa shape index (κ1) is 22.3. The van der Waals surface area contributed by atoms with Crippen molar-refractivity contribution in [2.45, 2.75) is 98.5 Å². The summed E-state index contributed by atoms with van der Waals surface area (Å²) >= 11 is 0. The summed E-state index contributed by atoms with van der Waals surface area (Å²) in [5.41, 5.74) is 1.32. The molecule has 0 aromatic heterocycles. The Labute approximate surface area is 177 Å². The topological polar surface area (TPSA) is 43.4 Å². The Kier molecular flexibility index (Phi) is 6.18. The second-order valence-electron chi connectivity index (χ2n) is 9.60. The van der Waals surface area contributed by atoms with Crippen molar-refractivity contribution in [3.05, 3.63) is 23.8 Å². The van der Waals surface area contributed by atoms with Crippen LogP contribution in [0.15, 0.2) is 23.8 Å². The molecule has 1 heterocycles. The molecule has 3 nitrogen and oxygen atoms in total. The lowest BCUT2D eigenvalue weighted by Crippen LogP contribution is -2.53. The molecule has 5 unspecified atom stereocenters. The Bertz CT molecular complexity index is 719. The molecule has 5 aliphatic rings. The van der Waals surface area contributed by atoms with E-state index in [1.807, 2.05) is 33.8 Å². The van der Waals surface area contributed by atoms with E-state index in [9.17, 15) is 9.59 Å². The van der Waals surface area contributed by atoms with Crippen LogP contribution in [0, 0.1) is 28.6 Å². The summed E-state index contributed by atoms with van der Waals surface area (Å²) in [7, 11) is 0. The highest BCUT2D eigenvalue weighted by molar-refractivity contribution is 5.92. The Hall–Kier alpha value is -1.38. The molecule has 0 N–H and O–H groups in total. The molecule has 1 aliphatic heterocycles.